The second-order valence-electron chi connectivity index (χ2n) is 4.67. The van der Waals surface area contributed by atoms with Crippen LogP contribution in [-0.4, -0.2) is 23.8 Å². The summed E-state index contributed by atoms with van der Waals surface area (Å²) in [6.07, 6.45) is 3.82. The topological polar surface area (TPSA) is 32.3 Å². The van der Waals surface area contributed by atoms with Crippen LogP contribution < -0.4 is 5.32 Å². The summed E-state index contributed by atoms with van der Waals surface area (Å²) in [5, 5.41) is 12.7. The summed E-state index contributed by atoms with van der Waals surface area (Å²) in [5.74, 6) is 1.53. The highest BCUT2D eigenvalue weighted by molar-refractivity contribution is 4.83. The van der Waals surface area contributed by atoms with Gasteiger partial charge in [-0.1, -0.05) is 20.3 Å². The molecule has 1 saturated carbocycles. The summed E-state index contributed by atoms with van der Waals surface area (Å²) < 4.78 is 0. The molecule has 0 aromatic carbocycles. The van der Waals surface area contributed by atoms with Gasteiger partial charge in [0.2, 0.25) is 0 Å². The van der Waals surface area contributed by atoms with Gasteiger partial charge in [-0.05, 0) is 31.6 Å². The largest absolute Gasteiger partial charge is 0.392 e. The first-order valence-corrected chi connectivity index (χ1v) is 5.52. The normalized spacial score (nSPS) is 33.2. The van der Waals surface area contributed by atoms with Crippen LogP contribution >= 0.6 is 0 Å². The first kappa shape index (κ1) is 11.0. The van der Waals surface area contributed by atoms with Gasteiger partial charge in [0.05, 0.1) is 6.10 Å². The number of aliphatic hydroxyl groups is 1. The van der Waals surface area contributed by atoms with Crippen LogP contribution in [0.15, 0.2) is 0 Å². The molecule has 3 atom stereocenters. The Bertz CT molecular complexity index is 137. The molecule has 2 N–H and O–H groups in total. The average Bonchev–Trinajstić information content (AvgIpc) is 2.03. The van der Waals surface area contributed by atoms with Crippen LogP contribution in [0.25, 0.3) is 0 Å². The van der Waals surface area contributed by atoms with E-state index in [0.29, 0.717) is 6.04 Å². The van der Waals surface area contributed by atoms with Crippen molar-refractivity contribution in [1.29, 1.82) is 0 Å². The van der Waals surface area contributed by atoms with Gasteiger partial charge < -0.3 is 10.4 Å². The Kier molecular flexibility index (Phi) is 4.20. The molecule has 0 heterocycles. The van der Waals surface area contributed by atoms with Crippen molar-refractivity contribution >= 4 is 0 Å². The minimum atomic E-state index is -0.221. The summed E-state index contributed by atoms with van der Waals surface area (Å²) in [5.41, 5.74) is 0. The van der Waals surface area contributed by atoms with Crippen molar-refractivity contribution in [2.75, 3.05) is 6.54 Å². The average molecular weight is 185 g/mol. The summed E-state index contributed by atoms with van der Waals surface area (Å²) in [4.78, 5) is 0. The van der Waals surface area contributed by atoms with Gasteiger partial charge in [0.25, 0.3) is 0 Å². The molecule has 0 spiro atoms. The molecule has 2 nitrogen and oxygen atoms in total. The zero-order chi connectivity index (χ0) is 9.84. The number of hydrogen-bond acceptors (Lipinski definition) is 2. The molecule has 0 saturated heterocycles. The molecular formula is C11H23NO. The maximum Gasteiger partial charge on any atom is 0.0636 e. The van der Waals surface area contributed by atoms with E-state index in [-0.39, 0.29) is 6.10 Å². The summed E-state index contributed by atoms with van der Waals surface area (Å²) in [7, 11) is 0. The minimum absolute atomic E-state index is 0.221. The van der Waals surface area contributed by atoms with Crippen LogP contribution in [0, 0.1) is 11.8 Å². The third-order valence-electron chi connectivity index (χ3n) is 3.19. The predicted molar refractivity (Wildman–Crippen MR) is 55.7 cm³/mol. The fraction of sp³-hybridized carbons (Fsp3) is 1.00. The highest BCUT2D eigenvalue weighted by atomic mass is 16.3. The van der Waals surface area contributed by atoms with Gasteiger partial charge in [0.15, 0.2) is 0 Å². The van der Waals surface area contributed by atoms with Gasteiger partial charge in [-0.25, -0.2) is 0 Å². The lowest BCUT2D eigenvalue weighted by Crippen LogP contribution is -2.45. The van der Waals surface area contributed by atoms with Crippen molar-refractivity contribution in [3.8, 4) is 0 Å². The van der Waals surface area contributed by atoms with Crippen LogP contribution in [0.5, 0.6) is 0 Å². The third-order valence-corrected chi connectivity index (χ3v) is 3.19. The fourth-order valence-corrected chi connectivity index (χ4v) is 2.39. The lowest BCUT2D eigenvalue weighted by atomic mass is 9.79. The molecule has 1 rings (SSSR count). The van der Waals surface area contributed by atoms with E-state index in [1.54, 1.807) is 0 Å². The molecule has 1 fully saturated rings. The maximum absolute atomic E-state index is 9.19. The smallest absolute Gasteiger partial charge is 0.0636 e. The molecule has 1 aliphatic rings. The van der Waals surface area contributed by atoms with Gasteiger partial charge in [0.1, 0.15) is 0 Å². The third kappa shape index (κ3) is 3.28. The molecule has 78 valence electrons. The van der Waals surface area contributed by atoms with Crippen LogP contribution in [0.1, 0.15) is 40.0 Å². The molecule has 1 aliphatic carbocycles. The van der Waals surface area contributed by atoms with Crippen LogP contribution in [0.2, 0.25) is 0 Å². The van der Waals surface area contributed by atoms with E-state index in [1.165, 1.54) is 19.3 Å². The summed E-state index contributed by atoms with van der Waals surface area (Å²) in [6.45, 7) is 7.20. The Labute approximate surface area is 81.7 Å². The fourth-order valence-electron chi connectivity index (χ4n) is 2.39. The Morgan fingerprint density at radius 2 is 1.85 bits per heavy atom. The zero-order valence-electron chi connectivity index (χ0n) is 9.09. The number of aliphatic hydroxyl groups excluding tert-OH is 1. The van der Waals surface area contributed by atoms with Gasteiger partial charge >= 0.3 is 0 Å². The molecular weight excluding hydrogens is 162 g/mol. The van der Waals surface area contributed by atoms with E-state index in [9.17, 15) is 5.11 Å². The molecule has 0 amide bonds. The Balaban J connectivity index is 2.35. The minimum Gasteiger partial charge on any atom is -0.392 e. The van der Waals surface area contributed by atoms with Crippen molar-refractivity contribution in [1.82, 2.24) is 5.32 Å². The van der Waals surface area contributed by atoms with Gasteiger partial charge in [-0.3, -0.25) is 0 Å². The van der Waals surface area contributed by atoms with E-state index in [4.69, 9.17) is 0 Å². The highest BCUT2D eigenvalue weighted by Gasteiger charge is 2.26. The molecule has 0 unspecified atom stereocenters. The molecule has 0 aromatic heterocycles. The highest BCUT2D eigenvalue weighted by Crippen LogP contribution is 2.28. The van der Waals surface area contributed by atoms with E-state index in [1.807, 2.05) is 6.92 Å². The van der Waals surface area contributed by atoms with Gasteiger partial charge in [-0.2, -0.15) is 0 Å². The van der Waals surface area contributed by atoms with Crippen LogP contribution in [0.3, 0.4) is 0 Å². The van der Waals surface area contributed by atoms with E-state index >= 15 is 0 Å². The Hall–Kier alpha value is -0.0800. The summed E-state index contributed by atoms with van der Waals surface area (Å²) >= 11 is 0. The number of nitrogens with one attached hydrogen (secondary N) is 1. The lowest BCUT2D eigenvalue weighted by molar-refractivity contribution is 0.153. The second kappa shape index (κ2) is 4.97. The van der Waals surface area contributed by atoms with E-state index in [2.05, 4.69) is 19.2 Å². The zero-order valence-corrected chi connectivity index (χ0v) is 9.09. The quantitative estimate of drug-likeness (QED) is 0.702. The SMILES string of the molecule is C[C@H](O)CNC1[C@H](C)CCC[C@H]1C. The first-order chi connectivity index (χ1) is 6.11. The Morgan fingerprint density at radius 1 is 1.31 bits per heavy atom. The lowest BCUT2D eigenvalue weighted by Gasteiger charge is -2.35. The van der Waals surface area contributed by atoms with Crippen LogP contribution in [-0.2, 0) is 0 Å². The predicted octanol–water partition coefficient (Wildman–Crippen LogP) is 1.78. The van der Waals surface area contributed by atoms with Crippen molar-refractivity contribution in [2.45, 2.75) is 52.2 Å². The molecule has 0 aromatic rings. The maximum atomic E-state index is 9.19. The van der Waals surface area contributed by atoms with Crippen LogP contribution in [0.4, 0.5) is 0 Å². The first-order valence-electron chi connectivity index (χ1n) is 5.52. The van der Waals surface area contributed by atoms with Crippen molar-refractivity contribution in [3.63, 3.8) is 0 Å². The Morgan fingerprint density at radius 3 is 2.31 bits per heavy atom. The van der Waals surface area contributed by atoms with Gasteiger partial charge in [-0.15, -0.1) is 0 Å². The monoisotopic (exact) mass is 185 g/mol. The molecule has 0 aliphatic heterocycles. The molecule has 2 heteroatoms. The van der Waals surface area contributed by atoms with E-state index in [0.717, 1.165) is 18.4 Å². The van der Waals surface area contributed by atoms with Gasteiger partial charge in [0, 0.05) is 12.6 Å². The number of hydrogen-bond donors (Lipinski definition) is 2. The number of rotatable bonds is 3. The standard InChI is InChI=1S/C11H23NO/c1-8-5-4-6-9(2)11(8)12-7-10(3)13/h8-13H,4-7H2,1-3H3/t8-,9-,10+/m1/s1. The second-order valence-corrected chi connectivity index (χ2v) is 4.67. The summed E-state index contributed by atoms with van der Waals surface area (Å²) in [6, 6.07) is 0.614. The molecule has 0 radical (unpaired) electrons. The van der Waals surface area contributed by atoms with Crippen molar-refractivity contribution in [3.05, 3.63) is 0 Å². The van der Waals surface area contributed by atoms with E-state index < -0.39 is 0 Å². The molecule has 0 bridgehead atoms. The molecule has 13 heavy (non-hydrogen) atoms. The van der Waals surface area contributed by atoms with Crippen molar-refractivity contribution in [2.24, 2.45) is 11.8 Å². The van der Waals surface area contributed by atoms with Crippen molar-refractivity contribution < 1.29 is 5.11 Å².